The molecular weight excluding hydrogens is 266 g/mol. The number of aryl methyl sites for hydroxylation is 1. The average molecular weight is 281 g/mol. The van der Waals surface area contributed by atoms with Gasteiger partial charge in [-0.3, -0.25) is 0 Å². The van der Waals surface area contributed by atoms with Crippen molar-refractivity contribution in [3.8, 4) is 6.01 Å². The van der Waals surface area contributed by atoms with Crippen LogP contribution in [0.1, 0.15) is 11.4 Å². The highest BCUT2D eigenvalue weighted by Gasteiger charge is 2.07. The van der Waals surface area contributed by atoms with Gasteiger partial charge in [0.25, 0.3) is 0 Å². The van der Waals surface area contributed by atoms with E-state index in [0.29, 0.717) is 12.6 Å². The van der Waals surface area contributed by atoms with E-state index in [4.69, 9.17) is 4.74 Å². The highest BCUT2D eigenvalue weighted by molar-refractivity contribution is 5.89. The Kier molecular flexibility index (Phi) is 3.59. The van der Waals surface area contributed by atoms with Crippen LogP contribution in [0.25, 0.3) is 10.9 Å². The van der Waals surface area contributed by atoms with E-state index in [1.165, 1.54) is 0 Å². The summed E-state index contributed by atoms with van der Waals surface area (Å²) in [6, 6.07) is 12.0. The smallest absolute Gasteiger partial charge is 0.318 e. The van der Waals surface area contributed by atoms with Crippen LogP contribution in [0.4, 0.5) is 5.82 Å². The van der Waals surface area contributed by atoms with Crippen molar-refractivity contribution in [2.45, 2.75) is 13.5 Å². The molecule has 0 amide bonds. The summed E-state index contributed by atoms with van der Waals surface area (Å²) in [5.41, 5.74) is 2.58. The van der Waals surface area contributed by atoms with Crippen molar-refractivity contribution >= 4 is 16.7 Å². The van der Waals surface area contributed by atoms with E-state index < -0.39 is 0 Å². The molecule has 1 N–H and O–H groups in total. The number of methoxy groups -OCH3 is 1. The van der Waals surface area contributed by atoms with Gasteiger partial charge in [0.1, 0.15) is 5.82 Å². The molecule has 0 saturated carbocycles. The topological polar surface area (TPSA) is 72.8 Å². The van der Waals surface area contributed by atoms with Crippen molar-refractivity contribution in [1.29, 1.82) is 0 Å². The van der Waals surface area contributed by atoms with Crippen molar-refractivity contribution in [3.05, 3.63) is 47.8 Å². The van der Waals surface area contributed by atoms with Gasteiger partial charge in [-0.25, -0.2) is 0 Å². The van der Waals surface area contributed by atoms with E-state index >= 15 is 0 Å². The Hall–Kier alpha value is -2.76. The monoisotopic (exact) mass is 281 g/mol. The van der Waals surface area contributed by atoms with Gasteiger partial charge >= 0.3 is 6.01 Å². The first-order chi connectivity index (χ1) is 10.3. The second kappa shape index (κ2) is 5.70. The standard InChI is InChI=1S/C15H15N5O/c1-10-7-8-11(20-19-10)9-16-14-12-5-3-4-6-13(12)17-15(18-14)21-2/h3-8H,9H2,1-2H3,(H,16,17,18). The first-order valence-electron chi connectivity index (χ1n) is 6.60. The van der Waals surface area contributed by atoms with Gasteiger partial charge in [-0.1, -0.05) is 12.1 Å². The molecule has 106 valence electrons. The minimum absolute atomic E-state index is 0.339. The fourth-order valence-corrected chi connectivity index (χ4v) is 1.98. The van der Waals surface area contributed by atoms with Crippen LogP contribution < -0.4 is 10.1 Å². The Bertz CT molecular complexity index is 758. The van der Waals surface area contributed by atoms with Gasteiger partial charge in [-0.2, -0.15) is 20.2 Å². The molecule has 0 saturated heterocycles. The summed E-state index contributed by atoms with van der Waals surface area (Å²) in [5, 5.41) is 12.4. The Balaban J connectivity index is 1.90. The fraction of sp³-hybridized carbons (Fsp3) is 0.200. The van der Waals surface area contributed by atoms with Crippen molar-refractivity contribution in [2.75, 3.05) is 12.4 Å². The van der Waals surface area contributed by atoms with Crippen LogP contribution in [0, 0.1) is 6.92 Å². The lowest BCUT2D eigenvalue weighted by atomic mass is 10.2. The lowest BCUT2D eigenvalue weighted by Gasteiger charge is -2.09. The molecule has 3 rings (SSSR count). The Morgan fingerprint density at radius 2 is 1.90 bits per heavy atom. The molecule has 0 aliphatic carbocycles. The quantitative estimate of drug-likeness (QED) is 0.791. The number of hydrogen-bond donors (Lipinski definition) is 1. The molecule has 3 aromatic rings. The number of aromatic nitrogens is 4. The predicted octanol–water partition coefficient (Wildman–Crippen LogP) is 2.35. The number of hydrogen-bond acceptors (Lipinski definition) is 6. The first kappa shape index (κ1) is 13.2. The maximum atomic E-state index is 5.14. The maximum Gasteiger partial charge on any atom is 0.318 e. The van der Waals surface area contributed by atoms with Crippen molar-refractivity contribution in [1.82, 2.24) is 20.2 Å². The van der Waals surface area contributed by atoms with Crippen LogP contribution in [0.15, 0.2) is 36.4 Å². The molecule has 1 aromatic carbocycles. The highest BCUT2D eigenvalue weighted by Crippen LogP contribution is 2.22. The van der Waals surface area contributed by atoms with Crippen LogP contribution in [0.3, 0.4) is 0 Å². The van der Waals surface area contributed by atoms with Crippen molar-refractivity contribution in [2.24, 2.45) is 0 Å². The van der Waals surface area contributed by atoms with E-state index in [9.17, 15) is 0 Å². The number of rotatable bonds is 4. The number of ether oxygens (including phenoxy) is 1. The number of benzene rings is 1. The van der Waals surface area contributed by atoms with Crippen molar-refractivity contribution in [3.63, 3.8) is 0 Å². The van der Waals surface area contributed by atoms with E-state index in [-0.39, 0.29) is 0 Å². The summed E-state index contributed by atoms with van der Waals surface area (Å²) < 4.78 is 5.14. The third-order valence-electron chi connectivity index (χ3n) is 3.06. The molecule has 6 heteroatoms. The molecular formula is C15H15N5O. The summed E-state index contributed by atoms with van der Waals surface area (Å²) in [4.78, 5) is 8.68. The lowest BCUT2D eigenvalue weighted by molar-refractivity contribution is 0.382. The second-order valence-corrected chi connectivity index (χ2v) is 4.60. The van der Waals surface area contributed by atoms with Crippen molar-refractivity contribution < 1.29 is 4.74 Å². The Labute approximate surface area is 122 Å². The summed E-state index contributed by atoms with van der Waals surface area (Å²) in [6.45, 7) is 2.45. The zero-order valence-electron chi connectivity index (χ0n) is 11.9. The number of nitrogens with one attached hydrogen (secondary N) is 1. The van der Waals surface area contributed by atoms with Gasteiger partial charge in [0.2, 0.25) is 0 Å². The van der Waals surface area contributed by atoms with Crippen LogP contribution in [0.5, 0.6) is 6.01 Å². The number of nitrogens with zero attached hydrogens (tertiary/aromatic N) is 4. The first-order valence-corrected chi connectivity index (χ1v) is 6.60. The zero-order chi connectivity index (χ0) is 14.7. The van der Waals surface area contributed by atoms with Crippen LogP contribution in [-0.2, 0) is 6.54 Å². The van der Waals surface area contributed by atoms with Crippen LogP contribution in [0.2, 0.25) is 0 Å². The minimum Gasteiger partial charge on any atom is -0.467 e. The predicted molar refractivity (Wildman–Crippen MR) is 80.2 cm³/mol. The van der Waals surface area contributed by atoms with E-state index in [1.54, 1.807) is 7.11 Å². The van der Waals surface area contributed by atoms with Gasteiger partial charge in [0.15, 0.2) is 0 Å². The minimum atomic E-state index is 0.339. The van der Waals surface area contributed by atoms with E-state index in [2.05, 4.69) is 25.5 Å². The lowest BCUT2D eigenvalue weighted by Crippen LogP contribution is -2.06. The van der Waals surface area contributed by atoms with Gasteiger partial charge in [-0.15, -0.1) is 0 Å². The van der Waals surface area contributed by atoms with Crippen LogP contribution >= 0.6 is 0 Å². The average Bonchev–Trinajstić information content (AvgIpc) is 2.53. The van der Waals surface area contributed by atoms with Gasteiger partial charge in [0, 0.05) is 5.39 Å². The number of fused-ring (bicyclic) bond motifs is 1. The Morgan fingerprint density at radius 1 is 1.05 bits per heavy atom. The SMILES string of the molecule is COc1nc(NCc2ccc(C)nn2)c2ccccc2n1. The van der Waals surface area contributed by atoms with E-state index in [1.807, 2.05) is 43.3 Å². The molecule has 0 aliphatic rings. The molecule has 0 aliphatic heterocycles. The van der Waals surface area contributed by atoms with Gasteiger partial charge in [0.05, 0.1) is 30.6 Å². The summed E-state index contributed by atoms with van der Waals surface area (Å²) in [6.07, 6.45) is 0. The molecule has 2 aromatic heterocycles. The summed E-state index contributed by atoms with van der Waals surface area (Å²) in [7, 11) is 1.55. The van der Waals surface area contributed by atoms with Crippen LogP contribution in [-0.4, -0.2) is 27.3 Å². The summed E-state index contributed by atoms with van der Waals surface area (Å²) in [5.74, 6) is 0.722. The number of para-hydroxylation sites is 1. The molecule has 21 heavy (non-hydrogen) atoms. The normalized spacial score (nSPS) is 10.6. The molecule has 0 spiro atoms. The third-order valence-corrected chi connectivity index (χ3v) is 3.06. The second-order valence-electron chi connectivity index (χ2n) is 4.60. The zero-order valence-corrected chi connectivity index (χ0v) is 11.9. The molecule has 0 bridgehead atoms. The Morgan fingerprint density at radius 3 is 2.67 bits per heavy atom. The van der Waals surface area contributed by atoms with E-state index in [0.717, 1.165) is 28.1 Å². The largest absolute Gasteiger partial charge is 0.467 e. The van der Waals surface area contributed by atoms with Gasteiger partial charge < -0.3 is 10.1 Å². The van der Waals surface area contributed by atoms with Gasteiger partial charge in [-0.05, 0) is 31.2 Å². The third kappa shape index (κ3) is 2.89. The number of anilines is 1. The highest BCUT2D eigenvalue weighted by atomic mass is 16.5. The molecule has 2 heterocycles. The maximum absolute atomic E-state index is 5.14. The fourth-order valence-electron chi connectivity index (χ4n) is 1.98. The molecule has 0 atom stereocenters. The molecule has 0 unspecified atom stereocenters. The summed E-state index contributed by atoms with van der Waals surface area (Å²) >= 11 is 0. The molecule has 0 radical (unpaired) electrons. The molecule has 6 nitrogen and oxygen atoms in total. The molecule has 0 fully saturated rings.